The quantitative estimate of drug-likeness (QED) is 0.426. The number of hydrogen-bond acceptors (Lipinski definition) is 6. The first-order chi connectivity index (χ1) is 6.97. The van der Waals surface area contributed by atoms with Crippen LogP contribution in [0.15, 0.2) is 0 Å². The van der Waals surface area contributed by atoms with Gasteiger partial charge in [-0.2, -0.15) is 0 Å². The smallest absolute Gasteiger partial charge is 0.404 e. The highest BCUT2D eigenvalue weighted by Gasteiger charge is 2.44. The van der Waals surface area contributed by atoms with Gasteiger partial charge in [0.1, 0.15) is 18.3 Å². The number of aliphatic hydroxyl groups excluding tert-OH is 3. The van der Waals surface area contributed by atoms with Crippen LogP contribution in [0.1, 0.15) is 6.92 Å². The summed E-state index contributed by atoms with van der Waals surface area (Å²) in [7, 11) is 0. The Morgan fingerprint density at radius 1 is 1.47 bits per heavy atom. The van der Waals surface area contributed by atoms with E-state index in [4.69, 9.17) is 15.6 Å². The Kier molecular flexibility index (Phi) is 3.86. The highest BCUT2D eigenvalue weighted by Crippen LogP contribution is 2.23. The molecule has 15 heavy (non-hydrogen) atoms. The predicted octanol–water partition coefficient (Wildman–Crippen LogP) is -2.05. The maximum atomic E-state index is 10.5. The number of hydrogen-bond donors (Lipinski definition) is 4. The summed E-state index contributed by atoms with van der Waals surface area (Å²) in [6, 6.07) is 0. The van der Waals surface area contributed by atoms with Crippen molar-refractivity contribution in [3.8, 4) is 0 Å². The minimum atomic E-state index is -1.30. The van der Waals surface area contributed by atoms with Crippen LogP contribution in [0.25, 0.3) is 0 Å². The Hall–Kier alpha value is -0.890. The van der Waals surface area contributed by atoms with Gasteiger partial charge in [-0.1, -0.05) is 0 Å². The fourth-order valence-electron chi connectivity index (χ4n) is 1.54. The lowest BCUT2D eigenvalue weighted by Crippen LogP contribution is -2.59. The summed E-state index contributed by atoms with van der Waals surface area (Å²) in [4.78, 5) is 10.5. The fourth-order valence-corrected chi connectivity index (χ4v) is 1.54. The van der Waals surface area contributed by atoms with Crippen molar-refractivity contribution in [3.63, 3.8) is 0 Å². The number of carbonyl (C=O) groups is 1. The molecule has 88 valence electrons. The maximum absolute atomic E-state index is 10.5. The minimum absolute atomic E-state index is 0.434. The predicted molar refractivity (Wildman–Crippen MR) is 47.9 cm³/mol. The highest BCUT2D eigenvalue weighted by atomic mass is 16.6. The van der Waals surface area contributed by atoms with Crippen LogP contribution in [-0.2, 0) is 9.47 Å². The van der Waals surface area contributed by atoms with Crippen LogP contribution in [0.4, 0.5) is 4.79 Å². The van der Waals surface area contributed by atoms with Gasteiger partial charge in [-0.15, -0.1) is 0 Å². The van der Waals surface area contributed by atoms with Gasteiger partial charge in [-0.05, 0) is 6.92 Å². The molecule has 0 aliphatic carbocycles. The number of primary amides is 1. The van der Waals surface area contributed by atoms with Gasteiger partial charge in [0, 0.05) is 0 Å². The van der Waals surface area contributed by atoms with E-state index in [-0.39, 0.29) is 0 Å². The lowest BCUT2D eigenvalue weighted by atomic mass is 9.96. The second kappa shape index (κ2) is 4.75. The summed E-state index contributed by atoms with van der Waals surface area (Å²) < 4.78 is 9.66. The third-order valence-corrected chi connectivity index (χ3v) is 2.36. The van der Waals surface area contributed by atoms with Crippen LogP contribution in [0, 0.1) is 0 Å². The van der Waals surface area contributed by atoms with Gasteiger partial charge in [0.25, 0.3) is 0 Å². The number of carbonyl (C=O) groups excluding carboxylic acids is 1. The normalized spacial score (nSPS) is 41.2. The molecule has 7 heteroatoms. The standard InChI is InChI=1S/C8H15NO6/c1-3-5(11)7(15-8(9)13)6(12)4(2-10)14-3/h3-7,10-12H,2H2,1H3,(H2,9,13)/t3?,4-,5+,6+,7+/m0/s1. The average molecular weight is 221 g/mol. The van der Waals surface area contributed by atoms with Gasteiger partial charge >= 0.3 is 6.09 Å². The molecule has 1 amide bonds. The zero-order valence-corrected chi connectivity index (χ0v) is 8.24. The second-order valence-corrected chi connectivity index (χ2v) is 3.44. The van der Waals surface area contributed by atoms with Crippen LogP contribution < -0.4 is 5.73 Å². The van der Waals surface area contributed by atoms with Gasteiger partial charge in [0.2, 0.25) is 0 Å². The van der Waals surface area contributed by atoms with E-state index in [1.807, 2.05) is 0 Å². The topological polar surface area (TPSA) is 122 Å². The van der Waals surface area contributed by atoms with Crippen molar-refractivity contribution in [2.45, 2.75) is 37.4 Å². The van der Waals surface area contributed by atoms with Crippen LogP contribution in [0.3, 0.4) is 0 Å². The largest absolute Gasteiger partial charge is 0.441 e. The molecule has 1 fully saturated rings. The molecule has 0 aromatic rings. The van der Waals surface area contributed by atoms with E-state index < -0.39 is 43.2 Å². The summed E-state index contributed by atoms with van der Waals surface area (Å²) in [6.45, 7) is 1.10. The Labute approximate surface area is 86.4 Å². The first kappa shape index (κ1) is 12.2. The Morgan fingerprint density at radius 2 is 2.07 bits per heavy atom. The highest BCUT2D eigenvalue weighted by molar-refractivity contribution is 5.65. The fraction of sp³-hybridized carbons (Fsp3) is 0.875. The van der Waals surface area contributed by atoms with Crippen LogP contribution in [0.5, 0.6) is 0 Å². The van der Waals surface area contributed by atoms with Crippen molar-refractivity contribution in [1.82, 2.24) is 0 Å². The van der Waals surface area contributed by atoms with Crippen molar-refractivity contribution >= 4 is 6.09 Å². The van der Waals surface area contributed by atoms with Gasteiger partial charge in [-0.25, -0.2) is 4.79 Å². The van der Waals surface area contributed by atoms with Gasteiger partial charge in [0.15, 0.2) is 6.10 Å². The number of amides is 1. The molecule has 1 aliphatic rings. The van der Waals surface area contributed by atoms with E-state index >= 15 is 0 Å². The lowest BCUT2D eigenvalue weighted by molar-refractivity contribution is -0.223. The molecule has 1 rings (SSSR count). The molecule has 7 nitrogen and oxygen atoms in total. The number of nitrogens with two attached hydrogens (primary N) is 1. The van der Waals surface area contributed by atoms with E-state index in [9.17, 15) is 15.0 Å². The molecular weight excluding hydrogens is 206 g/mol. The van der Waals surface area contributed by atoms with Crippen molar-refractivity contribution in [1.29, 1.82) is 0 Å². The summed E-state index contributed by atoms with van der Waals surface area (Å²) in [5.74, 6) is 0. The molecule has 0 spiro atoms. The summed E-state index contributed by atoms with van der Waals surface area (Å²) in [5.41, 5.74) is 4.79. The molecule has 0 radical (unpaired) electrons. The monoisotopic (exact) mass is 221 g/mol. The van der Waals surface area contributed by atoms with Gasteiger partial charge < -0.3 is 30.5 Å². The number of ether oxygens (including phenoxy) is 2. The molecule has 1 saturated heterocycles. The summed E-state index contributed by atoms with van der Waals surface area (Å²) in [6.07, 6.45) is -6.29. The lowest BCUT2D eigenvalue weighted by Gasteiger charge is -2.40. The number of rotatable bonds is 2. The van der Waals surface area contributed by atoms with E-state index in [0.717, 1.165) is 0 Å². The molecule has 5 N–H and O–H groups in total. The van der Waals surface area contributed by atoms with Crippen molar-refractivity contribution in [3.05, 3.63) is 0 Å². The molecule has 1 aliphatic heterocycles. The van der Waals surface area contributed by atoms with E-state index in [1.54, 1.807) is 0 Å². The molecular formula is C8H15NO6. The average Bonchev–Trinajstić information content (AvgIpc) is 2.18. The zero-order chi connectivity index (χ0) is 11.6. The SMILES string of the molecule is CC1O[C@@H](CO)[C@@H](O)[C@H](OC(N)=O)[C@@H]1O. The molecule has 1 unspecified atom stereocenters. The molecule has 0 saturated carbocycles. The maximum Gasteiger partial charge on any atom is 0.404 e. The van der Waals surface area contributed by atoms with E-state index in [1.165, 1.54) is 6.92 Å². The first-order valence-electron chi connectivity index (χ1n) is 4.56. The minimum Gasteiger partial charge on any atom is -0.441 e. The van der Waals surface area contributed by atoms with Crippen LogP contribution in [0.2, 0.25) is 0 Å². The van der Waals surface area contributed by atoms with Crippen molar-refractivity contribution in [2.75, 3.05) is 6.61 Å². The number of aliphatic hydroxyl groups is 3. The third kappa shape index (κ3) is 2.57. The molecule has 1 heterocycles. The molecule has 0 bridgehead atoms. The van der Waals surface area contributed by atoms with E-state index in [2.05, 4.69) is 4.74 Å². The second-order valence-electron chi connectivity index (χ2n) is 3.44. The van der Waals surface area contributed by atoms with E-state index in [0.29, 0.717) is 0 Å². The third-order valence-electron chi connectivity index (χ3n) is 2.36. The van der Waals surface area contributed by atoms with Crippen molar-refractivity contribution < 1.29 is 29.6 Å². The zero-order valence-electron chi connectivity index (χ0n) is 8.24. The first-order valence-corrected chi connectivity index (χ1v) is 4.56. The summed E-state index contributed by atoms with van der Waals surface area (Å²) in [5, 5.41) is 28.0. The van der Waals surface area contributed by atoms with Crippen LogP contribution in [-0.4, -0.2) is 58.5 Å². The molecule has 0 aromatic carbocycles. The van der Waals surface area contributed by atoms with Gasteiger partial charge in [0.05, 0.1) is 12.7 Å². The Bertz CT molecular complexity index is 235. The van der Waals surface area contributed by atoms with Crippen LogP contribution >= 0.6 is 0 Å². The Morgan fingerprint density at radius 3 is 2.53 bits per heavy atom. The summed E-state index contributed by atoms with van der Waals surface area (Å²) >= 11 is 0. The van der Waals surface area contributed by atoms with Gasteiger partial charge in [-0.3, -0.25) is 0 Å². The Balaban J connectivity index is 2.74. The molecule has 5 atom stereocenters. The van der Waals surface area contributed by atoms with Crippen molar-refractivity contribution in [2.24, 2.45) is 5.73 Å². The molecule has 0 aromatic heterocycles.